The second-order valence-corrected chi connectivity index (χ2v) is 4.34. The average molecular weight is 243 g/mol. The molecule has 6 nitrogen and oxygen atoms in total. The summed E-state index contributed by atoms with van der Waals surface area (Å²) in [4.78, 5) is 22.4. The van der Waals surface area contributed by atoms with E-state index in [0.29, 0.717) is 6.42 Å². The number of amides is 1. The van der Waals surface area contributed by atoms with Crippen LogP contribution >= 0.6 is 11.7 Å². The summed E-state index contributed by atoms with van der Waals surface area (Å²) in [6.07, 6.45) is 1.70. The molecular formula is C9H13N3O3S. The SMILES string of the molecule is CC(C)C[C@H](NC(=O)c1cnsn1)C(=O)O. The van der Waals surface area contributed by atoms with E-state index in [0.717, 1.165) is 11.7 Å². The van der Waals surface area contributed by atoms with Crippen LogP contribution in [0.5, 0.6) is 0 Å². The van der Waals surface area contributed by atoms with E-state index < -0.39 is 17.9 Å². The Bertz CT molecular complexity index is 364. The molecular weight excluding hydrogens is 230 g/mol. The molecule has 0 spiro atoms. The molecule has 1 atom stereocenters. The number of nitrogens with zero attached hydrogens (tertiary/aromatic N) is 2. The van der Waals surface area contributed by atoms with E-state index in [4.69, 9.17) is 5.11 Å². The van der Waals surface area contributed by atoms with Crippen molar-refractivity contribution in [3.63, 3.8) is 0 Å². The van der Waals surface area contributed by atoms with Crippen molar-refractivity contribution in [2.45, 2.75) is 26.3 Å². The summed E-state index contributed by atoms with van der Waals surface area (Å²) >= 11 is 0.909. The molecule has 0 aliphatic rings. The Morgan fingerprint density at radius 3 is 2.69 bits per heavy atom. The molecule has 88 valence electrons. The van der Waals surface area contributed by atoms with Crippen LogP contribution in [0.3, 0.4) is 0 Å². The zero-order valence-electron chi connectivity index (χ0n) is 9.01. The largest absolute Gasteiger partial charge is 0.480 e. The fraction of sp³-hybridized carbons (Fsp3) is 0.556. The molecule has 0 saturated carbocycles. The lowest BCUT2D eigenvalue weighted by atomic mass is 10.0. The van der Waals surface area contributed by atoms with E-state index >= 15 is 0 Å². The van der Waals surface area contributed by atoms with E-state index in [9.17, 15) is 9.59 Å². The molecule has 1 rings (SSSR count). The highest BCUT2D eigenvalue weighted by Crippen LogP contribution is 2.06. The lowest BCUT2D eigenvalue weighted by molar-refractivity contribution is -0.139. The number of rotatable bonds is 5. The van der Waals surface area contributed by atoms with Crippen LogP contribution in [0.2, 0.25) is 0 Å². The normalized spacial score (nSPS) is 12.4. The van der Waals surface area contributed by atoms with Gasteiger partial charge in [-0.25, -0.2) is 4.79 Å². The van der Waals surface area contributed by atoms with Crippen LogP contribution < -0.4 is 5.32 Å². The quantitative estimate of drug-likeness (QED) is 0.796. The Hall–Kier alpha value is -1.50. The van der Waals surface area contributed by atoms with Crippen molar-refractivity contribution in [2.75, 3.05) is 0 Å². The van der Waals surface area contributed by atoms with Crippen LogP contribution in [0.1, 0.15) is 30.8 Å². The predicted octanol–water partition coefficient (Wildman–Crippen LogP) is 0.767. The molecule has 0 fully saturated rings. The second-order valence-electron chi connectivity index (χ2n) is 3.79. The van der Waals surface area contributed by atoms with Crippen molar-refractivity contribution in [3.8, 4) is 0 Å². The molecule has 1 heterocycles. The minimum absolute atomic E-state index is 0.153. The number of nitrogens with one attached hydrogen (secondary N) is 1. The molecule has 0 bridgehead atoms. The Morgan fingerprint density at radius 1 is 1.56 bits per heavy atom. The molecule has 1 aromatic heterocycles. The van der Waals surface area contributed by atoms with Crippen LogP contribution in [0.15, 0.2) is 6.20 Å². The molecule has 0 radical (unpaired) electrons. The fourth-order valence-corrected chi connectivity index (χ4v) is 1.60. The Labute approximate surface area is 97.0 Å². The number of aliphatic carboxylic acids is 1. The van der Waals surface area contributed by atoms with Crippen molar-refractivity contribution in [1.29, 1.82) is 0 Å². The number of carboxylic acids is 1. The van der Waals surface area contributed by atoms with E-state index in [-0.39, 0.29) is 11.6 Å². The summed E-state index contributed by atoms with van der Waals surface area (Å²) in [6.45, 7) is 3.79. The Kier molecular flexibility index (Phi) is 4.36. The third kappa shape index (κ3) is 3.58. The minimum Gasteiger partial charge on any atom is -0.480 e. The van der Waals surface area contributed by atoms with Gasteiger partial charge in [0, 0.05) is 0 Å². The first kappa shape index (κ1) is 12.6. The van der Waals surface area contributed by atoms with Gasteiger partial charge in [-0.3, -0.25) is 4.79 Å². The lowest BCUT2D eigenvalue weighted by Crippen LogP contribution is -2.41. The standard InChI is InChI=1S/C9H13N3O3S/c1-5(2)3-6(9(14)15)11-8(13)7-4-10-16-12-7/h4-6H,3H2,1-2H3,(H,11,13)(H,14,15)/t6-/m0/s1. The van der Waals surface area contributed by atoms with Crippen molar-refractivity contribution in [3.05, 3.63) is 11.9 Å². The maximum absolute atomic E-state index is 11.5. The average Bonchev–Trinajstić information content (AvgIpc) is 2.68. The van der Waals surface area contributed by atoms with Crippen LogP contribution in [0, 0.1) is 5.92 Å². The summed E-state index contributed by atoms with van der Waals surface area (Å²) in [6, 6.07) is -0.880. The van der Waals surface area contributed by atoms with E-state index in [1.54, 1.807) is 0 Å². The van der Waals surface area contributed by atoms with Gasteiger partial charge < -0.3 is 10.4 Å². The van der Waals surface area contributed by atoms with Gasteiger partial charge in [0.1, 0.15) is 6.04 Å². The summed E-state index contributed by atoms with van der Waals surface area (Å²) < 4.78 is 7.41. The molecule has 0 aromatic carbocycles. The molecule has 0 aliphatic carbocycles. The maximum atomic E-state index is 11.5. The third-order valence-electron chi connectivity index (χ3n) is 1.90. The second kappa shape index (κ2) is 5.55. The molecule has 2 N–H and O–H groups in total. The van der Waals surface area contributed by atoms with Gasteiger partial charge in [-0.05, 0) is 12.3 Å². The molecule has 7 heteroatoms. The fourth-order valence-electron chi connectivity index (χ4n) is 1.19. The van der Waals surface area contributed by atoms with E-state index in [1.807, 2.05) is 13.8 Å². The highest BCUT2D eigenvalue weighted by molar-refractivity contribution is 6.99. The van der Waals surface area contributed by atoms with Crippen LogP contribution in [-0.4, -0.2) is 31.8 Å². The zero-order valence-corrected chi connectivity index (χ0v) is 9.82. The van der Waals surface area contributed by atoms with Gasteiger partial charge in [-0.15, -0.1) is 0 Å². The van der Waals surface area contributed by atoms with Gasteiger partial charge in [0.05, 0.1) is 17.9 Å². The van der Waals surface area contributed by atoms with Gasteiger partial charge in [0.25, 0.3) is 5.91 Å². The van der Waals surface area contributed by atoms with Gasteiger partial charge in [0.15, 0.2) is 5.69 Å². The minimum atomic E-state index is -1.04. The monoisotopic (exact) mass is 243 g/mol. The van der Waals surface area contributed by atoms with E-state index in [1.165, 1.54) is 6.20 Å². The van der Waals surface area contributed by atoms with Crippen molar-refractivity contribution in [1.82, 2.24) is 14.1 Å². The third-order valence-corrected chi connectivity index (χ3v) is 2.38. The number of carbonyl (C=O) groups is 2. The summed E-state index contributed by atoms with van der Waals surface area (Å²) in [5, 5.41) is 11.3. The lowest BCUT2D eigenvalue weighted by Gasteiger charge is -2.15. The zero-order chi connectivity index (χ0) is 12.1. The highest BCUT2D eigenvalue weighted by atomic mass is 32.1. The number of hydrogen-bond acceptors (Lipinski definition) is 5. The molecule has 16 heavy (non-hydrogen) atoms. The molecule has 0 aliphatic heterocycles. The predicted molar refractivity (Wildman–Crippen MR) is 58.3 cm³/mol. The smallest absolute Gasteiger partial charge is 0.326 e. The summed E-state index contributed by atoms with van der Waals surface area (Å²) in [5.74, 6) is -1.35. The summed E-state index contributed by atoms with van der Waals surface area (Å²) in [7, 11) is 0. The Morgan fingerprint density at radius 2 is 2.25 bits per heavy atom. The Balaban J connectivity index is 2.62. The van der Waals surface area contributed by atoms with Crippen molar-refractivity contribution >= 4 is 23.6 Å². The number of carboxylic acid groups (broad SMARTS) is 1. The number of aromatic nitrogens is 2. The molecule has 0 unspecified atom stereocenters. The first-order valence-electron chi connectivity index (χ1n) is 4.82. The van der Waals surface area contributed by atoms with Crippen LogP contribution in [-0.2, 0) is 4.79 Å². The van der Waals surface area contributed by atoms with Crippen molar-refractivity contribution in [2.24, 2.45) is 5.92 Å². The maximum Gasteiger partial charge on any atom is 0.326 e. The highest BCUT2D eigenvalue weighted by Gasteiger charge is 2.22. The molecule has 0 saturated heterocycles. The van der Waals surface area contributed by atoms with E-state index in [2.05, 4.69) is 14.1 Å². The number of carbonyl (C=O) groups excluding carboxylic acids is 1. The molecule has 1 amide bonds. The first-order chi connectivity index (χ1) is 7.50. The van der Waals surface area contributed by atoms with Gasteiger partial charge in [0.2, 0.25) is 0 Å². The van der Waals surface area contributed by atoms with Crippen LogP contribution in [0.25, 0.3) is 0 Å². The van der Waals surface area contributed by atoms with Crippen molar-refractivity contribution < 1.29 is 14.7 Å². The molecule has 1 aromatic rings. The van der Waals surface area contributed by atoms with Gasteiger partial charge >= 0.3 is 5.97 Å². The van der Waals surface area contributed by atoms with Gasteiger partial charge in [-0.2, -0.15) is 8.75 Å². The first-order valence-corrected chi connectivity index (χ1v) is 5.55. The number of hydrogen-bond donors (Lipinski definition) is 2. The topological polar surface area (TPSA) is 92.2 Å². The van der Waals surface area contributed by atoms with Crippen LogP contribution in [0.4, 0.5) is 0 Å². The summed E-state index contributed by atoms with van der Waals surface area (Å²) in [5.41, 5.74) is 0.153. The van der Waals surface area contributed by atoms with Gasteiger partial charge in [-0.1, -0.05) is 13.8 Å².